The first kappa shape index (κ1) is 17.5. The van der Waals surface area contributed by atoms with E-state index in [9.17, 15) is 4.79 Å². The Morgan fingerprint density at radius 1 is 1.22 bits per heavy atom. The summed E-state index contributed by atoms with van der Waals surface area (Å²) in [6, 6.07) is 11.9. The summed E-state index contributed by atoms with van der Waals surface area (Å²) in [5.74, 6) is 0. The fraction of sp³-hybridized carbons (Fsp3) is 0.389. The highest BCUT2D eigenvalue weighted by molar-refractivity contribution is 7.07. The number of carbonyl (C=O) groups is 1. The SMILES string of the molecule is CC(C)(C)OC(=O)NC(CNCc1ccsc1)c1ccccc1. The summed E-state index contributed by atoms with van der Waals surface area (Å²) >= 11 is 1.68. The van der Waals surface area contributed by atoms with Gasteiger partial charge in [-0.1, -0.05) is 30.3 Å². The summed E-state index contributed by atoms with van der Waals surface area (Å²) in [5.41, 5.74) is 1.80. The minimum atomic E-state index is -0.505. The highest BCUT2D eigenvalue weighted by Crippen LogP contribution is 2.14. The number of alkyl carbamates (subject to hydrolysis) is 1. The fourth-order valence-corrected chi connectivity index (χ4v) is 2.81. The van der Waals surface area contributed by atoms with Crippen LogP contribution in [0.1, 0.15) is 37.9 Å². The van der Waals surface area contributed by atoms with Crippen molar-refractivity contribution in [3.05, 3.63) is 58.3 Å². The molecule has 1 aromatic carbocycles. The van der Waals surface area contributed by atoms with E-state index >= 15 is 0 Å². The van der Waals surface area contributed by atoms with E-state index in [4.69, 9.17) is 4.74 Å². The molecule has 2 N–H and O–H groups in total. The van der Waals surface area contributed by atoms with Crippen molar-refractivity contribution in [2.24, 2.45) is 0 Å². The third kappa shape index (κ3) is 6.42. The average Bonchev–Trinajstić information content (AvgIpc) is 2.98. The predicted molar refractivity (Wildman–Crippen MR) is 94.6 cm³/mol. The molecule has 1 atom stereocenters. The van der Waals surface area contributed by atoms with Crippen LogP contribution in [0.4, 0.5) is 4.79 Å². The van der Waals surface area contributed by atoms with Crippen molar-refractivity contribution < 1.29 is 9.53 Å². The molecule has 1 amide bonds. The van der Waals surface area contributed by atoms with Gasteiger partial charge in [-0.25, -0.2) is 4.79 Å². The second-order valence-corrected chi connectivity index (χ2v) is 7.15. The Morgan fingerprint density at radius 2 is 1.96 bits per heavy atom. The highest BCUT2D eigenvalue weighted by atomic mass is 32.1. The molecule has 2 rings (SSSR count). The third-order valence-corrected chi connectivity index (χ3v) is 3.88. The van der Waals surface area contributed by atoms with E-state index in [-0.39, 0.29) is 6.04 Å². The van der Waals surface area contributed by atoms with Crippen LogP contribution in [0, 0.1) is 0 Å². The molecule has 0 aliphatic carbocycles. The number of rotatable bonds is 6. The molecule has 0 fully saturated rings. The highest BCUT2D eigenvalue weighted by Gasteiger charge is 2.20. The van der Waals surface area contributed by atoms with Gasteiger partial charge in [-0.3, -0.25) is 0 Å². The maximum Gasteiger partial charge on any atom is 0.408 e. The molecule has 5 heteroatoms. The number of thiophene rings is 1. The van der Waals surface area contributed by atoms with Gasteiger partial charge < -0.3 is 15.4 Å². The molecule has 0 radical (unpaired) electrons. The van der Waals surface area contributed by atoms with Crippen molar-refractivity contribution in [1.82, 2.24) is 10.6 Å². The van der Waals surface area contributed by atoms with Crippen LogP contribution in [0.2, 0.25) is 0 Å². The van der Waals surface area contributed by atoms with Crippen LogP contribution >= 0.6 is 11.3 Å². The topological polar surface area (TPSA) is 50.4 Å². The minimum absolute atomic E-state index is 0.135. The zero-order valence-electron chi connectivity index (χ0n) is 13.8. The summed E-state index contributed by atoms with van der Waals surface area (Å²) in [6.07, 6.45) is -0.399. The lowest BCUT2D eigenvalue weighted by atomic mass is 10.1. The van der Waals surface area contributed by atoms with Gasteiger partial charge in [-0.05, 0) is 48.7 Å². The van der Waals surface area contributed by atoms with Gasteiger partial charge in [0.15, 0.2) is 0 Å². The van der Waals surface area contributed by atoms with Gasteiger partial charge in [-0.2, -0.15) is 11.3 Å². The van der Waals surface area contributed by atoms with Crippen LogP contribution in [0.5, 0.6) is 0 Å². The summed E-state index contributed by atoms with van der Waals surface area (Å²) in [7, 11) is 0. The van der Waals surface area contributed by atoms with E-state index in [0.29, 0.717) is 6.54 Å². The van der Waals surface area contributed by atoms with Crippen molar-refractivity contribution in [3.8, 4) is 0 Å². The molecule has 1 unspecified atom stereocenters. The van der Waals surface area contributed by atoms with E-state index in [2.05, 4.69) is 27.5 Å². The van der Waals surface area contributed by atoms with Crippen LogP contribution in [0.15, 0.2) is 47.2 Å². The second kappa shape index (κ2) is 8.13. The van der Waals surface area contributed by atoms with Gasteiger partial charge in [0, 0.05) is 13.1 Å². The molecule has 2 aromatic rings. The third-order valence-electron chi connectivity index (χ3n) is 3.15. The van der Waals surface area contributed by atoms with Crippen LogP contribution in [0.3, 0.4) is 0 Å². The van der Waals surface area contributed by atoms with Gasteiger partial charge in [-0.15, -0.1) is 0 Å². The van der Waals surface area contributed by atoms with E-state index in [1.54, 1.807) is 11.3 Å². The molecule has 0 aliphatic rings. The summed E-state index contributed by atoms with van der Waals surface area (Å²) < 4.78 is 5.37. The predicted octanol–water partition coefficient (Wildman–Crippen LogP) is 4.10. The first-order valence-electron chi connectivity index (χ1n) is 7.70. The minimum Gasteiger partial charge on any atom is -0.444 e. The van der Waals surface area contributed by atoms with Crippen LogP contribution in [0.25, 0.3) is 0 Å². The van der Waals surface area contributed by atoms with E-state index < -0.39 is 11.7 Å². The van der Waals surface area contributed by atoms with Crippen molar-refractivity contribution in [1.29, 1.82) is 0 Å². The van der Waals surface area contributed by atoms with Crippen LogP contribution in [-0.4, -0.2) is 18.2 Å². The molecule has 124 valence electrons. The molecule has 4 nitrogen and oxygen atoms in total. The van der Waals surface area contributed by atoms with E-state index in [1.165, 1.54) is 5.56 Å². The van der Waals surface area contributed by atoms with E-state index in [0.717, 1.165) is 12.1 Å². The lowest BCUT2D eigenvalue weighted by Gasteiger charge is -2.24. The zero-order chi connectivity index (χ0) is 16.7. The van der Waals surface area contributed by atoms with Gasteiger partial charge in [0.2, 0.25) is 0 Å². The fourth-order valence-electron chi connectivity index (χ4n) is 2.14. The smallest absolute Gasteiger partial charge is 0.408 e. The maximum absolute atomic E-state index is 12.1. The molecular weight excluding hydrogens is 308 g/mol. The Labute approximate surface area is 141 Å². The van der Waals surface area contributed by atoms with Crippen LogP contribution in [-0.2, 0) is 11.3 Å². The van der Waals surface area contributed by atoms with Gasteiger partial charge in [0.05, 0.1) is 6.04 Å². The number of carbonyl (C=O) groups excluding carboxylic acids is 1. The second-order valence-electron chi connectivity index (χ2n) is 6.37. The molecule has 0 bridgehead atoms. The Bertz CT molecular complexity index is 591. The maximum atomic E-state index is 12.1. The monoisotopic (exact) mass is 332 g/mol. The molecule has 0 aliphatic heterocycles. The number of amides is 1. The van der Waals surface area contributed by atoms with Crippen LogP contribution < -0.4 is 10.6 Å². The number of benzene rings is 1. The van der Waals surface area contributed by atoms with Crippen molar-refractivity contribution in [2.45, 2.75) is 39.0 Å². The molecule has 1 aromatic heterocycles. The van der Waals surface area contributed by atoms with Crippen molar-refractivity contribution in [3.63, 3.8) is 0 Å². The molecule has 23 heavy (non-hydrogen) atoms. The summed E-state index contributed by atoms with van der Waals surface area (Å²) in [5, 5.41) is 10.5. The van der Waals surface area contributed by atoms with Gasteiger partial charge in [0.1, 0.15) is 5.60 Å². The number of ether oxygens (including phenoxy) is 1. The van der Waals surface area contributed by atoms with Gasteiger partial charge in [0.25, 0.3) is 0 Å². The molecule has 1 heterocycles. The number of hydrogen-bond donors (Lipinski definition) is 2. The molecule has 0 spiro atoms. The Kier molecular flexibility index (Phi) is 6.19. The first-order valence-corrected chi connectivity index (χ1v) is 8.64. The van der Waals surface area contributed by atoms with Gasteiger partial charge >= 0.3 is 6.09 Å². The quantitative estimate of drug-likeness (QED) is 0.837. The summed E-state index contributed by atoms with van der Waals surface area (Å²) in [6.45, 7) is 7.00. The number of nitrogens with one attached hydrogen (secondary N) is 2. The van der Waals surface area contributed by atoms with Crippen molar-refractivity contribution in [2.75, 3.05) is 6.54 Å². The van der Waals surface area contributed by atoms with E-state index in [1.807, 2.05) is 51.1 Å². The Morgan fingerprint density at radius 3 is 2.57 bits per heavy atom. The lowest BCUT2D eigenvalue weighted by molar-refractivity contribution is 0.0503. The normalized spacial score (nSPS) is 12.7. The van der Waals surface area contributed by atoms with Crippen molar-refractivity contribution >= 4 is 17.4 Å². The number of hydrogen-bond acceptors (Lipinski definition) is 4. The zero-order valence-corrected chi connectivity index (χ0v) is 14.7. The Hall–Kier alpha value is -1.85. The molecular formula is C18H24N2O2S. The Balaban J connectivity index is 1.96. The standard InChI is InChI=1S/C18H24N2O2S/c1-18(2,3)22-17(21)20-16(15-7-5-4-6-8-15)12-19-11-14-9-10-23-13-14/h4-10,13,16,19H,11-12H2,1-3H3,(H,20,21). The molecule has 0 saturated heterocycles. The summed E-state index contributed by atoms with van der Waals surface area (Å²) in [4.78, 5) is 12.1. The average molecular weight is 332 g/mol. The lowest BCUT2D eigenvalue weighted by Crippen LogP contribution is -2.39. The largest absolute Gasteiger partial charge is 0.444 e. The first-order chi connectivity index (χ1) is 10.9. The molecule has 0 saturated carbocycles.